The lowest BCUT2D eigenvalue weighted by Gasteiger charge is -2.23. The van der Waals surface area contributed by atoms with Crippen molar-refractivity contribution >= 4 is 22.9 Å². The van der Waals surface area contributed by atoms with Gasteiger partial charge in [-0.05, 0) is 42.0 Å². The number of nitrogens with two attached hydrogens (primary N) is 1. The number of carbonyl (C=O) groups excluding carboxylic acids is 1. The largest absolute Gasteiger partial charge is 0.399 e. The molecule has 104 valence electrons. The Kier molecular flexibility index (Phi) is 3.26. The van der Waals surface area contributed by atoms with Gasteiger partial charge in [0.05, 0.1) is 12.0 Å². The highest BCUT2D eigenvalue weighted by Crippen LogP contribution is 2.49. The number of rotatable bonds is 4. The lowest BCUT2D eigenvalue weighted by Crippen LogP contribution is -2.35. The third-order valence-corrected chi connectivity index (χ3v) is 4.80. The van der Waals surface area contributed by atoms with Gasteiger partial charge in [-0.3, -0.25) is 4.79 Å². The van der Waals surface area contributed by atoms with Crippen molar-refractivity contribution in [2.24, 2.45) is 0 Å². The van der Waals surface area contributed by atoms with Crippen molar-refractivity contribution < 1.29 is 4.79 Å². The molecule has 3 nitrogen and oxygen atoms in total. The summed E-state index contributed by atoms with van der Waals surface area (Å²) in [4.78, 5) is 15.8. The zero-order valence-corrected chi connectivity index (χ0v) is 12.3. The van der Waals surface area contributed by atoms with Crippen LogP contribution in [0.15, 0.2) is 41.8 Å². The average Bonchev–Trinajstić information content (AvgIpc) is 3.10. The van der Waals surface area contributed by atoms with E-state index in [9.17, 15) is 4.79 Å². The van der Waals surface area contributed by atoms with Crippen molar-refractivity contribution in [1.29, 1.82) is 0 Å². The fourth-order valence-corrected chi connectivity index (χ4v) is 3.38. The van der Waals surface area contributed by atoms with Crippen LogP contribution in [0.25, 0.3) is 0 Å². The van der Waals surface area contributed by atoms with Crippen LogP contribution >= 0.6 is 11.3 Å². The molecule has 2 aromatic rings. The van der Waals surface area contributed by atoms with Crippen LogP contribution in [-0.4, -0.2) is 17.9 Å². The van der Waals surface area contributed by atoms with Crippen LogP contribution in [0.1, 0.15) is 23.3 Å². The maximum atomic E-state index is 12.7. The molecule has 1 aliphatic carbocycles. The van der Waals surface area contributed by atoms with E-state index in [0.717, 1.165) is 24.1 Å². The van der Waals surface area contributed by atoms with Gasteiger partial charge < -0.3 is 10.6 Å². The highest BCUT2D eigenvalue weighted by Gasteiger charge is 2.52. The van der Waals surface area contributed by atoms with Crippen molar-refractivity contribution in [1.82, 2.24) is 4.90 Å². The van der Waals surface area contributed by atoms with Gasteiger partial charge in [0.1, 0.15) is 0 Å². The molecule has 0 unspecified atom stereocenters. The summed E-state index contributed by atoms with van der Waals surface area (Å²) < 4.78 is 0. The molecule has 1 aromatic carbocycles. The van der Waals surface area contributed by atoms with Crippen molar-refractivity contribution in [2.75, 3.05) is 12.8 Å². The lowest BCUT2D eigenvalue weighted by molar-refractivity contribution is -0.133. The highest BCUT2D eigenvalue weighted by atomic mass is 32.1. The zero-order chi connectivity index (χ0) is 14.2. The number of benzene rings is 1. The minimum absolute atomic E-state index is 0.218. The topological polar surface area (TPSA) is 46.3 Å². The van der Waals surface area contributed by atoms with Crippen LogP contribution in [0.4, 0.5) is 5.69 Å². The van der Waals surface area contributed by atoms with Crippen LogP contribution in [0.2, 0.25) is 0 Å². The van der Waals surface area contributed by atoms with E-state index in [1.54, 1.807) is 11.3 Å². The Balaban J connectivity index is 1.77. The Morgan fingerprint density at radius 2 is 2.00 bits per heavy atom. The number of nitrogens with zero attached hydrogens (tertiary/aromatic N) is 1. The molecule has 1 amide bonds. The van der Waals surface area contributed by atoms with E-state index in [1.807, 2.05) is 47.7 Å². The number of carbonyl (C=O) groups is 1. The van der Waals surface area contributed by atoms with Crippen molar-refractivity contribution in [3.05, 3.63) is 52.2 Å². The van der Waals surface area contributed by atoms with E-state index in [-0.39, 0.29) is 11.3 Å². The van der Waals surface area contributed by atoms with Gasteiger partial charge in [0.25, 0.3) is 0 Å². The summed E-state index contributed by atoms with van der Waals surface area (Å²) in [7, 11) is 1.89. The van der Waals surface area contributed by atoms with Crippen LogP contribution in [0, 0.1) is 0 Å². The lowest BCUT2D eigenvalue weighted by atomic mass is 9.94. The predicted octanol–water partition coefficient (Wildman–Crippen LogP) is 3.02. The van der Waals surface area contributed by atoms with Crippen LogP contribution < -0.4 is 5.73 Å². The first-order valence-corrected chi connectivity index (χ1v) is 7.64. The molecule has 0 atom stereocenters. The molecule has 4 heteroatoms. The zero-order valence-electron chi connectivity index (χ0n) is 11.5. The van der Waals surface area contributed by atoms with E-state index in [0.29, 0.717) is 6.54 Å². The minimum Gasteiger partial charge on any atom is -0.399 e. The summed E-state index contributed by atoms with van der Waals surface area (Å²) >= 11 is 1.69. The van der Waals surface area contributed by atoms with Gasteiger partial charge in [-0.15, -0.1) is 11.3 Å². The molecule has 0 saturated heterocycles. The van der Waals surface area contributed by atoms with Crippen LogP contribution in [0.5, 0.6) is 0 Å². The Morgan fingerprint density at radius 3 is 2.55 bits per heavy atom. The third-order valence-electron chi connectivity index (χ3n) is 3.94. The monoisotopic (exact) mass is 286 g/mol. The molecule has 1 aromatic heterocycles. The molecule has 0 bridgehead atoms. The SMILES string of the molecule is CN(Cc1cccs1)C(=O)C1(c2ccc(N)cc2)CC1. The summed E-state index contributed by atoms with van der Waals surface area (Å²) in [5, 5.41) is 2.04. The van der Waals surface area contributed by atoms with Gasteiger partial charge in [0, 0.05) is 17.6 Å². The quantitative estimate of drug-likeness (QED) is 0.878. The standard InChI is InChI=1S/C16H18N2OS/c1-18(11-14-3-2-10-20-14)15(19)16(8-9-16)12-4-6-13(17)7-5-12/h2-7,10H,8-9,11,17H2,1H3. The van der Waals surface area contributed by atoms with E-state index >= 15 is 0 Å². The Morgan fingerprint density at radius 1 is 1.30 bits per heavy atom. The summed E-state index contributed by atoms with van der Waals surface area (Å²) in [6.07, 6.45) is 1.87. The number of thiophene rings is 1. The summed E-state index contributed by atoms with van der Waals surface area (Å²) in [5.74, 6) is 0.218. The van der Waals surface area contributed by atoms with E-state index in [2.05, 4.69) is 6.07 Å². The third kappa shape index (κ3) is 2.31. The number of likely N-dealkylation sites (N-methyl/N-ethyl adjacent to an activating group) is 1. The molecule has 20 heavy (non-hydrogen) atoms. The average molecular weight is 286 g/mol. The Labute approximate surface area is 123 Å². The number of amides is 1. The normalized spacial score (nSPS) is 15.8. The molecule has 1 saturated carbocycles. The summed E-state index contributed by atoms with van der Waals surface area (Å²) in [6.45, 7) is 0.688. The molecule has 0 radical (unpaired) electrons. The van der Waals surface area contributed by atoms with Crippen LogP contribution in [-0.2, 0) is 16.8 Å². The molecule has 1 fully saturated rings. The van der Waals surface area contributed by atoms with Crippen molar-refractivity contribution in [3.8, 4) is 0 Å². The number of hydrogen-bond acceptors (Lipinski definition) is 3. The second-order valence-electron chi connectivity index (χ2n) is 5.44. The number of hydrogen-bond donors (Lipinski definition) is 1. The molecule has 1 aliphatic rings. The second-order valence-corrected chi connectivity index (χ2v) is 6.48. The number of anilines is 1. The molecule has 2 N–H and O–H groups in total. The van der Waals surface area contributed by atoms with E-state index in [1.165, 1.54) is 4.88 Å². The van der Waals surface area contributed by atoms with Gasteiger partial charge in [-0.25, -0.2) is 0 Å². The van der Waals surface area contributed by atoms with Gasteiger partial charge in [-0.2, -0.15) is 0 Å². The highest BCUT2D eigenvalue weighted by molar-refractivity contribution is 7.09. The van der Waals surface area contributed by atoms with Crippen LogP contribution in [0.3, 0.4) is 0 Å². The second kappa shape index (κ2) is 4.94. The molecule has 1 heterocycles. The van der Waals surface area contributed by atoms with Crippen molar-refractivity contribution in [3.63, 3.8) is 0 Å². The first-order valence-electron chi connectivity index (χ1n) is 6.76. The van der Waals surface area contributed by atoms with E-state index < -0.39 is 0 Å². The fraction of sp³-hybridized carbons (Fsp3) is 0.312. The van der Waals surface area contributed by atoms with Gasteiger partial charge in [0.2, 0.25) is 5.91 Å². The molecule has 3 rings (SSSR count). The molecule has 0 aliphatic heterocycles. The van der Waals surface area contributed by atoms with E-state index in [4.69, 9.17) is 5.73 Å². The first-order chi connectivity index (χ1) is 9.62. The smallest absolute Gasteiger partial charge is 0.233 e. The summed E-state index contributed by atoms with van der Waals surface area (Å²) in [6, 6.07) is 11.8. The fourth-order valence-electron chi connectivity index (χ4n) is 2.63. The van der Waals surface area contributed by atoms with Crippen molar-refractivity contribution in [2.45, 2.75) is 24.8 Å². The Hall–Kier alpha value is -1.81. The van der Waals surface area contributed by atoms with Gasteiger partial charge in [-0.1, -0.05) is 18.2 Å². The predicted molar refractivity (Wildman–Crippen MR) is 82.6 cm³/mol. The maximum absolute atomic E-state index is 12.7. The summed E-state index contributed by atoms with van der Waals surface area (Å²) in [5.41, 5.74) is 7.25. The van der Waals surface area contributed by atoms with Gasteiger partial charge >= 0.3 is 0 Å². The Bertz CT molecular complexity index is 600. The van der Waals surface area contributed by atoms with Gasteiger partial charge in [0.15, 0.2) is 0 Å². The first kappa shape index (κ1) is 13.2. The molecule has 0 spiro atoms. The number of nitrogen functional groups attached to an aromatic ring is 1. The maximum Gasteiger partial charge on any atom is 0.233 e. The molecular formula is C16H18N2OS. The molecular weight excluding hydrogens is 268 g/mol. The minimum atomic E-state index is -0.306.